The van der Waals surface area contributed by atoms with Crippen LogP contribution in [-0.2, 0) is 9.59 Å². The van der Waals surface area contributed by atoms with Gasteiger partial charge in [0.15, 0.2) is 0 Å². The molecule has 3 rings (SSSR count). The van der Waals surface area contributed by atoms with Crippen LogP contribution in [-0.4, -0.2) is 35.9 Å². The maximum Gasteiger partial charge on any atom is 0.243 e. The van der Waals surface area contributed by atoms with Gasteiger partial charge in [-0.2, -0.15) is 11.8 Å². The number of benzene rings is 2. The maximum absolute atomic E-state index is 12.5. The molecule has 4 nitrogen and oxygen atoms in total. The van der Waals surface area contributed by atoms with Crippen LogP contribution in [0.4, 0.5) is 0 Å². The molecule has 0 aliphatic carbocycles. The number of rotatable bonds is 5. The number of thioether (sulfide) groups is 1. The fraction of sp³-hybridized carbons (Fsp3) is 0.368. The van der Waals surface area contributed by atoms with Crippen LogP contribution in [0.1, 0.15) is 24.8 Å². The molecule has 0 radical (unpaired) electrons. The van der Waals surface area contributed by atoms with Crippen LogP contribution in [0.2, 0.25) is 0 Å². The second-order valence-corrected chi connectivity index (χ2v) is 7.17. The highest BCUT2D eigenvalue weighted by molar-refractivity contribution is 7.98. The Kier molecular flexibility index (Phi) is 5.09. The summed E-state index contributed by atoms with van der Waals surface area (Å²) in [4.78, 5) is 24.9. The minimum atomic E-state index is -0.533. The Morgan fingerprint density at radius 1 is 1.04 bits per heavy atom. The average molecular weight is 342 g/mol. The van der Waals surface area contributed by atoms with Crippen LogP contribution in [0.3, 0.4) is 0 Å². The van der Waals surface area contributed by atoms with E-state index < -0.39 is 12.1 Å². The van der Waals surface area contributed by atoms with E-state index in [1.54, 1.807) is 11.8 Å². The monoisotopic (exact) mass is 342 g/mol. The van der Waals surface area contributed by atoms with Gasteiger partial charge in [0, 0.05) is 5.92 Å². The Hall–Kier alpha value is -2.01. The topological polar surface area (TPSA) is 58.2 Å². The molecule has 1 fully saturated rings. The molecule has 2 aromatic carbocycles. The third-order valence-corrected chi connectivity index (χ3v) is 5.28. The van der Waals surface area contributed by atoms with Crippen molar-refractivity contribution in [3.63, 3.8) is 0 Å². The molecule has 1 heterocycles. The van der Waals surface area contributed by atoms with Crippen molar-refractivity contribution in [3.05, 3.63) is 48.0 Å². The van der Waals surface area contributed by atoms with Gasteiger partial charge in [-0.05, 0) is 34.8 Å². The Bertz CT molecular complexity index is 757. The molecule has 1 saturated heterocycles. The number of piperazine rings is 1. The summed E-state index contributed by atoms with van der Waals surface area (Å²) >= 11 is 1.67. The molecule has 126 valence electrons. The van der Waals surface area contributed by atoms with Crippen molar-refractivity contribution in [2.75, 3.05) is 12.0 Å². The Morgan fingerprint density at radius 3 is 2.58 bits per heavy atom. The summed E-state index contributed by atoms with van der Waals surface area (Å²) in [7, 11) is 0. The van der Waals surface area contributed by atoms with E-state index in [1.807, 2.05) is 37.4 Å². The Labute approximate surface area is 146 Å². The van der Waals surface area contributed by atoms with Gasteiger partial charge in [-0.1, -0.05) is 49.4 Å². The van der Waals surface area contributed by atoms with E-state index in [0.29, 0.717) is 6.42 Å². The van der Waals surface area contributed by atoms with E-state index in [9.17, 15) is 9.59 Å². The molecule has 2 aromatic rings. The highest BCUT2D eigenvalue weighted by atomic mass is 32.2. The first-order valence-electron chi connectivity index (χ1n) is 8.19. The van der Waals surface area contributed by atoms with Crippen LogP contribution in [0, 0.1) is 0 Å². The quantitative estimate of drug-likeness (QED) is 0.878. The molecule has 0 spiro atoms. The second kappa shape index (κ2) is 7.26. The van der Waals surface area contributed by atoms with Gasteiger partial charge in [0.2, 0.25) is 11.8 Å². The van der Waals surface area contributed by atoms with Crippen molar-refractivity contribution in [2.45, 2.75) is 31.3 Å². The summed E-state index contributed by atoms with van der Waals surface area (Å²) in [5.41, 5.74) is 1.08. The number of carbonyl (C=O) groups excluding carboxylic acids is 2. The summed E-state index contributed by atoms with van der Waals surface area (Å²) in [6, 6.07) is 13.3. The summed E-state index contributed by atoms with van der Waals surface area (Å²) in [5.74, 6) is 0.575. The highest BCUT2D eigenvalue weighted by Gasteiger charge is 2.37. The molecule has 0 saturated carbocycles. The lowest BCUT2D eigenvalue weighted by Crippen LogP contribution is -2.63. The summed E-state index contributed by atoms with van der Waals surface area (Å²) in [5, 5.41) is 8.08. The first-order valence-corrected chi connectivity index (χ1v) is 9.58. The van der Waals surface area contributed by atoms with E-state index in [2.05, 4.69) is 28.8 Å². The van der Waals surface area contributed by atoms with E-state index in [-0.39, 0.29) is 17.7 Å². The molecular weight excluding hydrogens is 320 g/mol. The van der Waals surface area contributed by atoms with Gasteiger partial charge >= 0.3 is 0 Å². The number of nitrogens with one attached hydrogen (secondary N) is 2. The van der Waals surface area contributed by atoms with Gasteiger partial charge in [-0.25, -0.2) is 0 Å². The molecule has 1 aliphatic rings. The van der Waals surface area contributed by atoms with E-state index in [4.69, 9.17) is 0 Å². The molecule has 24 heavy (non-hydrogen) atoms. The zero-order chi connectivity index (χ0) is 17.1. The van der Waals surface area contributed by atoms with Crippen LogP contribution in [0.25, 0.3) is 10.8 Å². The minimum absolute atomic E-state index is 0.0827. The fourth-order valence-corrected chi connectivity index (χ4v) is 3.74. The Morgan fingerprint density at radius 2 is 1.79 bits per heavy atom. The lowest BCUT2D eigenvalue weighted by molar-refractivity contribution is -0.137. The normalized spacial score (nSPS) is 22.1. The van der Waals surface area contributed by atoms with Gasteiger partial charge in [-0.15, -0.1) is 0 Å². The zero-order valence-electron chi connectivity index (χ0n) is 13.9. The average Bonchev–Trinajstić information content (AvgIpc) is 2.61. The first-order chi connectivity index (χ1) is 11.6. The zero-order valence-corrected chi connectivity index (χ0v) is 14.7. The predicted octanol–water partition coefficient (Wildman–Crippen LogP) is 2.68. The molecule has 1 aliphatic heterocycles. The van der Waals surface area contributed by atoms with Gasteiger partial charge in [0.1, 0.15) is 12.1 Å². The van der Waals surface area contributed by atoms with Gasteiger partial charge in [0.25, 0.3) is 0 Å². The smallest absolute Gasteiger partial charge is 0.243 e. The molecule has 0 bridgehead atoms. The lowest BCUT2D eigenvalue weighted by atomic mass is 9.87. The number of amides is 2. The fourth-order valence-electron chi connectivity index (χ4n) is 3.26. The highest BCUT2D eigenvalue weighted by Crippen LogP contribution is 2.28. The van der Waals surface area contributed by atoms with Crippen LogP contribution in [0.15, 0.2) is 42.5 Å². The summed E-state index contributed by atoms with van der Waals surface area (Å²) in [6.07, 6.45) is 2.65. The van der Waals surface area contributed by atoms with Crippen molar-refractivity contribution < 1.29 is 9.59 Å². The van der Waals surface area contributed by atoms with Gasteiger partial charge in [-0.3, -0.25) is 9.59 Å². The maximum atomic E-state index is 12.5. The van der Waals surface area contributed by atoms with Crippen molar-refractivity contribution in [3.8, 4) is 0 Å². The third kappa shape index (κ3) is 3.26. The van der Waals surface area contributed by atoms with Gasteiger partial charge < -0.3 is 10.6 Å². The molecule has 3 atom stereocenters. The number of hydrogen-bond acceptors (Lipinski definition) is 3. The number of fused-ring (bicyclic) bond motifs is 1. The van der Waals surface area contributed by atoms with Crippen molar-refractivity contribution in [1.82, 2.24) is 10.6 Å². The van der Waals surface area contributed by atoms with E-state index in [0.717, 1.165) is 22.1 Å². The molecule has 0 aromatic heterocycles. The van der Waals surface area contributed by atoms with Crippen molar-refractivity contribution in [2.24, 2.45) is 0 Å². The molecule has 0 unspecified atom stereocenters. The molecule has 2 amide bonds. The van der Waals surface area contributed by atoms with Crippen molar-refractivity contribution >= 4 is 34.3 Å². The third-order valence-electron chi connectivity index (χ3n) is 4.64. The molecule has 5 heteroatoms. The van der Waals surface area contributed by atoms with Crippen LogP contribution >= 0.6 is 11.8 Å². The lowest BCUT2D eigenvalue weighted by Gasteiger charge is -2.33. The summed E-state index contributed by atoms with van der Waals surface area (Å²) in [6.45, 7) is 1.99. The SMILES string of the molecule is CSCC[C@H]1NC(=O)[C@@H]([C@H](C)c2cccc3ccccc23)NC1=O. The first kappa shape index (κ1) is 16.8. The Balaban J connectivity index is 1.83. The van der Waals surface area contributed by atoms with E-state index >= 15 is 0 Å². The minimum Gasteiger partial charge on any atom is -0.342 e. The standard InChI is InChI=1S/C19H22N2O2S/c1-12(14-9-5-7-13-6-3-4-8-15(13)14)17-19(23)20-16(10-11-24-2)18(22)21-17/h3-9,12,16-17H,10-11H2,1-2H3,(H,20,23)(H,21,22)/t12-,16-,17-/m1/s1. The van der Waals surface area contributed by atoms with E-state index in [1.165, 1.54) is 0 Å². The van der Waals surface area contributed by atoms with Crippen LogP contribution in [0.5, 0.6) is 0 Å². The second-order valence-electron chi connectivity index (χ2n) is 6.19. The molecular formula is C19H22N2O2S. The van der Waals surface area contributed by atoms with Crippen molar-refractivity contribution in [1.29, 1.82) is 0 Å². The largest absolute Gasteiger partial charge is 0.342 e. The van der Waals surface area contributed by atoms with Gasteiger partial charge in [0.05, 0.1) is 0 Å². The van der Waals surface area contributed by atoms with Crippen LogP contribution < -0.4 is 10.6 Å². The number of carbonyl (C=O) groups is 2. The predicted molar refractivity (Wildman–Crippen MR) is 99.2 cm³/mol. The molecule has 2 N–H and O–H groups in total. The summed E-state index contributed by atoms with van der Waals surface area (Å²) < 4.78 is 0. The number of hydrogen-bond donors (Lipinski definition) is 2.